The van der Waals surface area contributed by atoms with Crippen LogP contribution in [0.5, 0.6) is 0 Å². The lowest BCUT2D eigenvalue weighted by molar-refractivity contribution is 0.0697. The highest BCUT2D eigenvalue weighted by molar-refractivity contribution is 7.12. The van der Waals surface area contributed by atoms with Gasteiger partial charge in [-0.25, -0.2) is 9.78 Å². The summed E-state index contributed by atoms with van der Waals surface area (Å²) in [6.07, 6.45) is 1.63. The zero-order chi connectivity index (χ0) is 14.9. The maximum absolute atomic E-state index is 11.4. The number of hydrogen-bond donors (Lipinski definition) is 2. The second-order valence-corrected chi connectivity index (χ2v) is 6.35. The van der Waals surface area contributed by atoms with Crippen molar-refractivity contribution in [1.82, 2.24) is 4.98 Å². The summed E-state index contributed by atoms with van der Waals surface area (Å²) in [6, 6.07) is 3.86. The Balaban J connectivity index is 2.33. The summed E-state index contributed by atoms with van der Waals surface area (Å²) >= 11 is 1.75. The molecule has 1 atom stereocenters. The van der Waals surface area contributed by atoms with Crippen LogP contribution in [0, 0.1) is 20.8 Å². The molecule has 2 aromatic rings. The molecule has 0 amide bonds. The summed E-state index contributed by atoms with van der Waals surface area (Å²) in [5.41, 5.74) is 2.14. The molecular weight excluding hydrogens is 272 g/mol. The Morgan fingerprint density at radius 2 is 2.10 bits per heavy atom. The number of nitrogens with one attached hydrogen (secondary N) is 1. The van der Waals surface area contributed by atoms with E-state index in [2.05, 4.69) is 30.2 Å². The molecule has 0 radical (unpaired) electrons. The van der Waals surface area contributed by atoms with E-state index in [1.54, 1.807) is 30.5 Å². The first-order valence-corrected chi connectivity index (χ1v) is 7.24. The van der Waals surface area contributed by atoms with E-state index >= 15 is 0 Å². The Bertz CT molecular complexity index is 649. The van der Waals surface area contributed by atoms with Gasteiger partial charge in [0.25, 0.3) is 0 Å². The number of carboxylic acid groups (broad SMARTS) is 1. The van der Waals surface area contributed by atoms with Crippen LogP contribution in [0.3, 0.4) is 0 Å². The van der Waals surface area contributed by atoms with Crippen LogP contribution in [-0.4, -0.2) is 16.1 Å². The lowest BCUT2D eigenvalue weighted by Gasteiger charge is -2.17. The summed E-state index contributed by atoms with van der Waals surface area (Å²) in [7, 11) is 0. The predicted molar refractivity (Wildman–Crippen MR) is 81.8 cm³/mol. The van der Waals surface area contributed by atoms with Crippen LogP contribution < -0.4 is 5.32 Å². The highest BCUT2D eigenvalue weighted by atomic mass is 32.1. The molecule has 1 unspecified atom stereocenters. The van der Waals surface area contributed by atoms with Crippen molar-refractivity contribution in [2.24, 2.45) is 0 Å². The minimum atomic E-state index is -0.955. The molecule has 0 aliphatic carbocycles. The molecule has 0 spiro atoms. The van der Waals surface area contributed by atoms with Crippen LogP contribution in [0.1, 0.15) is 44.2 Å². The Labute approximate surface area is 122 Å². The molecule has 0 aliphatic heterocycles. The summed E-state index contributed by atoms with van der Waals surface area (Å²) in [4.78, 5) is 18.0. The molecule has 4 nitrogen and oxygen atoms in total. The van der Waals surface area contributed by atoms with Gasteiger partial charge in [0.05, 0.1) is 6.04 Å². The Kier molecular flexibility index (Phi) is 4.09. The van der Waals surface area contributed by atoms with E-state index < -0.39 is 5.97 Å². The average molecular weight is 290 g/mol. The van der Waals surface area contributed by atoms with Gasteiger partial charge in [-0.15, -0.1) is 11.3 Å². The largest absolute Gasteiger partial charge is 0.478 e. The molecule has 0 saturated carbocycles. The first-order valence-electron chi connectivity index (χ1n) is 6.42. The van der Waals surface area contributed by atoms with Crippen molar-refractivity contribution in [2.75, 3.05) is 5.32 Å². The number of thiophene rings is 1. The molecule has 0 bridgehead atoms. The minimum absolute atomic E-state index is 0.0207. The third-order valence-electron chi connectivity index (χ3n) is 3.27. The smallest absolute Gasteiger partial charge is 0.339 e. The van der Waals surface area contributed by atoms with Gasteiger partial charge in [-0.1, -0.05) is 0 Å². The molecule has 2 aromatic heterocycles. The zero-order valence-electron chi connectivity index (χ0n) is 12.0. The van der Waals surface area contributed by atoms with E-state index in [0.717, 1.165) is 0 Å². The van der Waals surface area contributed by atoms with Crippen molar-refractivity contribution < 1.29 is 9.90 Å². The van der Waals surface area contributed by atoms with Gasteiger partial charge < -0.3 is 10.4 Å². The van der Waals surface area contributed by atoms with E-state index in [1.807, 2.05) is 6.92 Å². The third-order valence-corrected chi connectivity index (χ3v) is 4.25. The normalized spacial score (nSPS) is 12.2. The van der Waals surface area contributed by atoms with Crippen LogP contribution in [0.2, 0.25) is 0 Å². The summed E-state index contributed by atoms with van der Waals surface area (Å²) < 4.78 is 0. The number of carboxylic acids is 1. The van der Waals surface area contributed by atoms with Crippen LogP contribution >= 0.6 is 11.3 Å². The molecule has 2 heterocycles. The third kappa shape index (κ3) is 2.82. The number of aryl methyl sites for hydroxylation is 3. The van der Waals surface area contributed by atoms with E-state index in [-0.39, 0.29) is 11.6 Å². The molecule has 5 heteroatoms. The van der Waals surface area contributed by atoms with Crippen molar-refractivity contribution in [3.05, 3.63) is 44.8 Å². The monoisotopic (exact) mass is 290 g/mol. The van der Waals surface area contributed by atoms with Crippen molar-refractivity contribution in [3.8, 4) is 0 Å². The number of nitrogens with zero attached hydrogens (tertiary/aromatic N) is 1. The lowest BCUT2D eigenvalue weighted by atomic mass is 10.1. The second kappa shape index (κ2) is 5.63. The quantitative estimate of drug-likeness (QED) is 0.895. The first kappa shape index (κ1) is 14.5. The molecule has 2 N–H and O–H groups in total. The molecule has 0 saturated heterocycles. The molecule has 2 rings (SSSR count). The van der Waals surface area contributed by atoms with Gasteiger partial charge in [0.2, 0.25) is 0 Å². The number of hydrogen-bond acceptors (Lipinski definition) is 4. The molecule has 0 fully saturated rings. The van der Waals surface area contributed by atoms with Gasteiger partial charge in [-0.2, -0.15) is 0 Å². The fraction of sp³-hybridized carbons (Fsp3) is 0.333. The van der Waals surface area contributed by atoms with E-state index in [9.17, 15) is 9.90 Å². The van der Waals surface area contributed by atoms with Gasteiger partial charge in [-0.05, 0) is 51.0 Å². The number of aromatic nitrogens is 1. The topological polar surface area (TPSA) is 62.2 Å². The summed E-state index contributed by atoms with van der Waals surface area (Å²) in [5, 5.41) is 12.5. The Morgan fingerprint density at radius 3 is 2.65 bits per heavy atom. The molecule has 20 heavy (non-hydrogen) atoms. The van der Waals surface area contributed by atoms with E-state index in [4.69, 9.17) is 0 Å². The lowest BCUT2D eigenvalue weighted by Crippen LogP contribution is -2.13. The van der Waals surface area contributed by atoms with Crippen molar-refractivity contribution >= 4 is 23.1 Å². The fourth-order valence-corrected chi connectivity index (χ4v) is 3.32. The molecule has 106 valence electrons. The Hall–Kier alpha value is -1.88. The van der Waals surface area contributed by atoms with E-state index in [0.29, 0.717) is 11.4 Å². The van der Waals surface area contributed by atoms with Crippen LogP contribution in [0.4, 0.5) is 5.82 Å². The first-order chi connectivity index (χ1) is 9.40. The molecular formula is C15H18N2O2S. The average Bonchev–Trinajstić information content (AvgIpc) is 2.68. The number of aromatic carboxylic acids is 1. The van der Waals surface area contributed by atoms with Crippen LogP contribution in [0.25, 0.3) is 0 Å². The van der Waals surface area contributed by atoms with Gasteiger partial charge in [-0.3, -0.25) is 0 Å². The van der Waals surface area contributed by atoms with Gasteiger partial charge >= 0.3 is 5.97 Å². The maximum atomic E-state index is 11.4. The van der Waals surface area contributed by atoms with Crippen molar-refractivity contribution in [3.63, 3.8) is 0 Å². The van der Waals surface area contributed by atoms with Gasteiger partial charge in [0.15, 0.2) is 0 Å². The highest BCUT2D eigenvalue weighted by Crippen LogP contribution is 2.29. The summed E-state index contributed by atoms with van der Waals surface area (Å²) in [6.45, 7) is 7.94. The van der Waals surface area contributed by atoms with E-state index in [1.165, 1.54) is 15.3 Å². The fourth-order valence-electron chi connectivity index (χ4n) is 2.30. The van der Waals surface area contributed by atoms with Crippen LogP contribution in [0.15, 0.2) is 18.3 Å². The van der Waals surface area contributed by atoms with Gasteiger partial charge in [0, 0.05) is 16.0 Å². The maximum Gasteiger partial charge on any atom is 0.339 e. The Morgan fingerprint density at radius 1 is 1.40 bits per heavy atom. The summed E-state index contributed by atoms with van der Waals surface area (Å²) in [5.74, 6) is -0.531. The zero-order valence-corrected chi connectivity index (χ0v) is 12.8. The number of anilines is 1. The minimum Gasteiger partial charge on any atom is -0.478 e. The molecule has 0 aromatic carbocycles. The number of rotatable bonds is 4. The second-order valence-electron chi connectivity index (χ2n) is 4.89. The number of carbonyl (C=O) groups is 1. The SMILES string of the molecule is Cc1cc(C(C)Nc2nccc(C)c2C(=O)O)c(C)s1. The van der Waals surface area contributed by atoms with Crippen molar-refractivity contribution in [2.45, 2.75) is 33.7 Å². The van der Waals surface area contributed by atoms with Crippen molar-refractivity contribution in [1.29, 1.82) is 0 Å². The van der Waals surface area contributed by atoms with Crippen LogP contribution in [-0.2, 0) is 0 Å². The van der Waals surface area contributed by atoms with Gasteiger partial charge in [0.1, 0.15) is 11.4 Å². The predicted octanol–water partition coefficient (Wildman–Crippen LogP) is 3.94. The standard InChI is InChI=1S/C15H18N2O2S/c1-8-5-6-16-14(13(8)15(18)19)17-10(3)12-7-9(2)20-11(12)4/h5-7,10H,1-4H3,(H,16,17)(H,18,19). The number of pyridine rings is 1. The highest BCUT2D eigenvalue weighted by Gasteiger charge is 2.18. The molecule has 0 aliphatic rings.